The van der Waals surface area contributed by atoms with Crippen molar-refractivity contribution in [1.29, 1.82) is 0 Å². The quantitative estimate of drug-likeness (QED) is 0.544. The number of amides is 1. The lowest BCUT2D eigenvalue weighted by molar-refractivity contribution is 0.0313. The largest absolute Gasteiger partial charge is 0.339 e. The molecule has 5 rings (SSSR count). The number of terminal acetylenes is 1. The van der Waals surface area contributed by atoms with Crippen molar-refractivity contribution < 1.29 is 4.79 Å². The van der Waals surface area contributed by atoms with E-state index < -0.39 is 0 Å². The maximum atomic E-state index is 13.1. The van der Waals surface area contributed by atoms with Crippen molar-refractivity contribution in [3.05, 3.63) is 47.3 Å². The van der Waals surface area contributed by atoms with E-state index in [0.717, 1.165) is 81.9 Å². The van der Waals surface area contributed by atoms with E-state index in [2.05, 4.69) is 70.0 Å². The predicted molar refractivity (Wildman–Crippen MR) is 148 cm³/mol. The number of pyridine rings is 1. The standard InChI is InChI=1S/C30H40N6O/c1-5-23-21-31-27(32-23)28(37)33-24-9-10-25(34-26(24)22-11-15-29(3,4)16-12-22)30(13-7-8-14-30)36-19-17-35(6-2)18-20-36/h1,9-11,21H,6-8,12-20H2,2-4H3,(H,31,32)(H,33,37). The summed E-state index contributed by atoms with van der Waals surface area (Å²) in [5.74, 6) is 2.37. The summed E-state index contributed by atoms with van der Waals surface area (Å²) in [6, 6.07) is 4.21. The van der Waals surface area contributed by atoms with Crippen molar-refractivity contribution in [3.63, 3.8) is 0 Å². The number of piperazine rings is 1. The Bertz CT molecular complexity index is 1200. The van der Waals surface area contributed by atoms with Crippen LogP contribution in [0, 0.1) is 17.8 Å². The van der Waals surface area contributed by atoms with Crippen molar-refractivity contribution >= 4 is 17.2 Å². The molecule has 2 aliphatic carbocycles. The van der Waals surface area contributed by atoms with E-state index in [1.165, 1.54) is 18.4 Å². The number of nitrogens with one attached hydrogen (secondary N) is 2. The maximum absolute atomic E-state index is 13.1. The molecule has 37 heavy (non-hydrogen) atoms. The molecule has 3 aliphatic rings. The van der Waals surface area contributed by atoms with Crippen LogP contribution in [-0.2, 0) is 5.54 Å². The Kier molecular flexibility index (Phi) is 7.24. The van der Waals surface area contributed by atoms with E-state index in [1.807, 2.05) is 0 Å². The van der Waals surface area contributed by atoms with Gasteiger partial charge >= 0.3 is 0 Å². The average Bonchev–Trinajstić information content (AvgIpc) is 3.60. The van der Waals surface area contributed by atoms with Crippen molar-refractivity contribution in [2.45, 2.75) is 71.3 Å². The second kappa shape index (κ2) is 10.4. The Morgan fingerprint density at radius 1 is 1.14 bits per heavy atom. The highest BCUT2D eigenvalue weighted by Crippen LogP contribution is 2.45. The van der Waals surface area contributed by atoms with Gasteiger partial charge in [0.05, 0.1) is 22.6 Å². The monoisotopic (exact) mass is 500 g/mol. The topological polar surface area (TPSA) is 77.2 Å². The Balaban J connectivity index is 1.50. The SMILES string of the molecule is C#Cc1c[nH]c(C(=O)Nc2ccc(C3(N4CCN(CC)CC4)CCCC3)nc2C2=CCC(C)(C)CC2)n1. The molecule has 1 saturated carbocycles. The first-order valence-corrected chi connectivity index (χ1v) is 13.9. The molecular weight excluding hydrogens is 460 g/mol. The van der Waals surface area contributed by atoms with Crippen molar-refractivity contribution in [2.24, 2.45) is 5.41 Å². The van der Waals surface area contributed by atoms with Crippen LogP contribution in [0.4, 0.5) is 5.69 Å². The van der Waals surface area contributed by atoms with Gasteiger partial charge in [-0.25, -0.2) is 9.97 Å². The van der Waals surface area contributed by atoms with Gasteiger partial charge in [0.25, 0.3) is 5.91 Å². The van der Waals surface area contributed by atoms with Crippen LogP contribution in [0.1, 0.15) is 93.4 Å². The van der Waals surface area contributed by atoms with Gasteiger partial charge < -0.3 is 15.2 Å². The highest BCUT2D eigenvalue weighted by molar-refractivity contribution is 6.03. The third-order valence-electron chi connectivity index (χ3n) is 8.69. The Labute approximate surface area is 221 Å². The number of rotatable bonds is 6. The van der Waals surface area contributed by atoms with Crippen LogP contribution < -0.4 is 5.32 Å². The average molecular weight is 501 g/mol. The molecule has 1 amide bonds. The highest BCUT2D eigenvalue weighted by Gasteiger charge is 2.43. The summed E-state index contributed by atoms with van der Waals surface area (Å²) in [5, 5.41) is 3.08. The number of carbonyl (C=O) groups is 1. The van der Waals surface area contributed by atoms with Gasteiger partial charge in [-0.3, -0.25) is 9.69 Å². The maximum Gasteiger partial charge on any atom is 0.291 e. The molecule has 196 valence electrons. The van der Waals surface area contributed by atoms with Gasteiger partial charge in [0, 0.05) is 32.4 Å². The molecule has 0 bridgehead atoms. The minimum absolute atomic E-state index is 0.0195. The summed E-state index contributed by atoms with van der Waals surface area (Å²) >= 11 is 0. The smallest absolute Gasteiger partial charge is 0.291 e. The molecule has 0 aromatic carbocycles. The van der Waals surface area contributed by atoms with Crippen LogP contribution in [0.3, 0.4) is 0 Å². The molecule has 7 nitrogen and oxygen atoms in total. The van der Waals surface area contributed by atoms with Gasteiger partial charge in [0.1, 0.15) is 5.69 Å². The van der Waals surface area contributed by atoms with Crippen molar-refractivity contribution in [3.8, 4) is 12.3 Å². The number of aromatic amines is 1. The summed E-state index contributed by atoms with van der Waals surface area (Å²) < 4.78 is 0. The van der Waals surface area contributed by atoms with E-state index in [1.54, 1.807) is 6.20 Å². The fourth-order valence-electron chi connectivity index (χ4n) is 6.24. The number of carbonyl (C=O) groups excluding carboxylic acids is 1. The Morgan fingerprint density at radius 3 is 2.51 bits per heavy atom. The molecule has 2 aromatic heterocycles. The van der Waals surface area contributed by atoms with Gasteiger partial charge in [-0.15, -0.1) is 6.42 Å². The first kappa shape index (κ1) is 25.7. The zero-order valence-electron chi connectivity index (χ0n) is 22.6. The second-order valence-corrected chi connectivity index (χ2v) is 11.6. The van der Waals surface area contributed by atoms with Crippen LogP contribution in [-0.4, -0.2) is 63.4 Å². The molecular formula is C30H40N6O. The van der Waals surface area contributed by atoms with E-state index >= 15 is 0 Å². The number of aromatic nitrogens is 3. The van der Waals surface area contributed by atoms with Gasteiger partial charge in [0.2, 0.25) is 0 Å². The summed E-state index contributed by atoms with van der Waals surface area (Å²) in [4.78, 5) is 30.8. The second-order valence-electron chi connectivity index (χ2n) is 11.6. The Hall–Kier alpha value is -2.95. The lowest BCUT2D eigenvalue weighted by Crippen LogP contribution is -2.54. The van der Waals surface area contributed by atoms with E-state index in [4.69, 9.17) is 11.4 Å². The molecule has 0 unspecified atom stereocenters. The van der Waals surface area contributed by atoms with E-state index in [-0.39, 0.29) is 22.7 Å². The van der Waals surface area contributed by atoms with E-state index in [0.29, 0.717) is 5.69 Å². The number of hydrogen-bond donors (Lipinski definition) is 2. The van der Waals surface area contributed by atoms with E-state index in [9.17, 15) is 4.79 Å². The molecule has 2 aromatic rings. The zero-order chi connectivity index (χ0) is 26.0. The summed E-state index contributed by atoms with van der Waals surface area (Å²) in [7, 11) is 0. The summed E-state index contributed by atoms with van der Waals surface area (Å²) in [6.07, 6.45) is 17.2. The number of H-pyrrole nitrogens is 1. The number of imidazole rings is 1. The van der Waals surface area contributed by atoms with Crippen LogP contribution in [0.25, 0.3) is 5.57 Å². The zero-order valence-corrected chi connectivity index (χ0v) is 22.6. The van der Waals surface area contributed by atoms with Crippen molar-refractivity contribution in [2.75, 3.05) is 38.0 Å². The fourth-order valence-corrected chi connectivity index (χ4v) is 6.24. The first-order valence-electron chi connectivity index (χ1n) is 13.9. The van der Waals surface area contributed by atoms with Crippen LogP contribution >= 0.6 is 0 Å². The minimum atomic E-state index is -0.305. The van der Waals surface area contributed by atoms with Crippen LogP contribution in [0.5, 0.6) is 0 Å². The number of nitrogens with zero attached hydrogens (tertiary/aromatic N) is 4. The summed E-state index contributed by atoms with van der Waals surface area (Å²) in [6.45, 7) is 12.4. The summed E-state index contributed by atoms with van der Waals surface area (Å²) in [5.41, 5.74) is 4.71. The number of hydrogen-bond acceptors (Lipinski definition) is 5. The lowest BCUT2D eigenvalue weighted by Gasteiger charge is -2.46. The van der Waals surface area contributed by atoms with Crippen LogP contribution in [0.15, 0.2) is 24.4 Å². The van der Waals surface area contributed by atoms with Gasteiger partial charge in [-0.1, -0.05) is 39.7 Å². The van der Waals surface area contributed by atoms with Gasteiger partial charge in [0.15, 0.2) is 5.82 Å². The fraction of sp³-hybridized carbons (Fsp3) is 0.567. The molecule has 2 N–H and O–H groups in total. The van der Waals surface area contributed by atoms with Gasteiger partial charge in [-0.05, 0) is 67.7 Å². The highest BCUT2D eigenvalue weighted by atomic mass is 16.2. The third-order valence-corrected chi connectivity index (χ3v) is 8.69. The number of allylic oxidation sites excluding steroid dienone is 2. The molecule has 3 heterocycles. The Morgan fingerprint density at radius 2 is 1.89 bits per heavy atom. The molecule has 0 radical (unpaired) electrons. The molecule has 0 atom stereocenters. The molecule has 1 saturated heterocycles. The van der Waals surface area contributed by atoms with Gasteiger partial charge in [-0.2, -0.15) is 0 Å². The predicted octanol–water partition coefficient (Wildman–Crippen LogP) is 5.04. The lowest BCUT2D eigenvalue weighted by atomic mass is 9.77. The molecule has 2 fully saturated rings. The molecule has 1 aliphatic heterocycles. The number of anilines is 1. The minimum Gasteiger partial charge on any atom is -0.339 e. The van der Waals surface area contributed by atoms with Crippen LogP contribution in [0.2, 0.25) is 0 Å². The molecule has 0 spiro atoms. The normalized spacial score (nSPS) is 21.8. The third kappa shape index (κ3) is 5.23. The first-order chi connectivity index (χ1) is 17.8. The molecule has 7 heteroatoms. The van der Waals surface area contributed by atoms with Crippen molar-refractivity contribution in [1.82, 2.24) is 24.8 Å². The number of likely N-dealkylation sites (N-methyl/N-ethyl adjacent to an activating group) is 1.